The third-order valence-corrected chi connectivity index (χ3v) is 4.26. The van der Waals surface area contributed by atoms with Gasteiger partial charge in [0.05, 0.1) is 30.2 Å². The van der Waals surface area contributed by atoms with Crippen molar-refractivity contribution in [3.8, 4) is 5.75 Å². The lowest BCUT2D eigenvalue weighted by molar-refractivity contribution is 0.0724. The van der Waals surface area contributed by atoms with E-state index in [0.717, 1.165) is 48.6 Å². The molecule has 1 aliphatic heterocycles. The maximum atomic E-state index is 12.6. The van der Waals surface area contributed by atoms with Crippen LogP contribution in [-0.4, -0.2) is 36.0 Å². The molecule has 2 heterocycles. The van der Waals surface area contributed by atoms with E-state index in [1.165, 1.54) is 6.42 Å². The van der Waals surface area contributed by atoms with E-state index in [2.05, 4.69) is 10.3 Å². The van der Waals surface area contributed by atoms with Gasteiger partial charge in [0, 0.05) is 19.3 Å². The Bertz CT molecular complexity index is 724. The number of anilines is 2. The maximum Gasteiger partial charge on any atom is 0.255 e. The molecule has 1 amide bonds. The second-order valence-electron chi connectivity index (χ2n) is 6.14. The van der Waals surface area contributed by atoms with Gasteiger partial charge >= 0.3 is 0 Å². The molecule has 1 N–H and O–H groups in total. The van der Waals surface area contributed by atoms with E-state index < -0.39 is 0 Å². The number of piperidine rings is 1. The highest BCUT2D eigenvalue weighted by molar-refractivity contribution is 5.95. The van der Waals surface area contributed by atoms with Crippen LogP contribution in [0.5, 0.6) is 5.75 Å². The quantitative estimate of drug-likeness (QED) is 0.930. The van der Waals surface area contributed by atoms with Crippen molar-refractivity contribution in [2.24, 2.45) is 0 Å². The van der Waals surface area contributed by atoms with Crippen LogP contribution in [0, 0.1) is 6.92 Å². The molecule has 0 radical (unpaired) electrons. The van der Waals surface area contributed by atoms with Crippen LogP contribution in [0.3, 0.4) is 0 Å². The smallest absolute Gasteiger partial charge is 0.255 e. The van der Waals surface area contributed by atoms with Gasteiger partial charge in [0.1, 0.15) is 5.75 Å². The Balaban J connectivity index is 1.80. The first-order valence-corrected chi connectivity index (χ1v) is 8.33. The van der Waals surface area contributed by atoms with Crippen LogP contribution < -0.4 is 10.1 Å². The molecular formula is C19H23N3O2. The number of benzene rings is 1. The number of likely N-dealkylation sites (tertiary alicyclic amines) is 1. The highest BCUT2D eigenvalue weighted by atomic mass is 16.5. The van der Waals surface area contributed by atoms with Gasteiger partial charge in [0.25, 0.3) is 5.91 Å². The monoisotopic (exact) mass is 325 g/mol. The Morgan fingerprint density at radius 3 is 2.71 bits per heavy atom. The number of pyridine rings is 1. The summed E-state index contributed by atoms with van der Waals surface area (Å²) in [5.74, 6) is 0.815. The predicted octanol–water partition coefficient (Wildman–Crippen LogP) is 3.77. The van der Waals surface area contributed by atoms with E-state index in [0.29, 0.717) is 5.56 Å². The summed E-state index contributed by atoms with van der Waals surface area (Å²) in [5.41, 5.74) is 3.39. The van der Waals surface area contributed by atoms with E-state index in [-0.39, 0.29) is 5.91 Å². The Labute approximate surface area is 142 Å². The summed E-state index contributed by atoms with van der Waals surface area (Å²) in [7, 11) is 1.64. The van der Waals surface area contributed by atoms with E-state index in [1.54, 1.807) is 19.5 Å². The van der Waals surface area contributed by atoms with Crippen molar-refractivity contribution in [3.05, 3.63) is 47.8 Å². The van der Waals surface area contributed by atoms with Crippen molar-refractivity contribution in [2.75, 3.05) is 25.5 Å². The molecule has 3 rings (SSSR count). The number of hydrogen-bond acceptors (Lipinski definition) is 4. The van der Waals surface area contributed by atoms with Crippen molar-refractivity contribution >= 4 is 17.3 Å². The summed E-state index contributed by atoms with van der Waals surface area (Å²) in [4.78, 5) is 18.8. The van der Waals surface area contributed by atoms with Gasteiger partial charge in [-0.25, -0.2) is 0 Å². The summed E-state index contributed by atoms with van der Waals surface area (Å²) in [5, 5.41) is 3.30. The Kier molecular flexibility index (Phi) is 4.99. The molecule has 5 heteroatoms. The van der Waals surface area contributed by atoms with Crippen molar-refractivity contribution in [1.82, 2.24) is 9.88 Å². The molecule has 1 aromatic carbocycles. The van der Waals surface area contributed by atoms with Crippen molar-refractivity contribution in [2.45, 2.75) is 26.2 Å². The number of methoxy groups -OCH3 is 1. The van der Waals surface area contributed by atoms with Crippen LogP contribution in [0.4, 0.5) is 11.4 Å². The summed E-state index contributed by atoms with van der Waals surface area (Å²) < 4.78 is 5.39. The van der Waals surface area contributed by atoms with Crippen LogP contribution >= 0.6 is 0 Å². The molecule has 2 aromatic rings. The maximum absolute atomic E-state index is 12.6. The predicted molar refractivity (Wildman–Crippen MR) is 95.0 cm³/mol. The number of rotatable bonds is 4. The van der Waals surface area contributed by atoms with Gasteiger partial charge in [-0.3, -0.25) is 9.78 Å². The molecule has 1 fully saturated rings. The Hall–Kier alpha value is -2.56. The molecular weight excluding hydrogens is 302 g/mol. The first-order valence-electron chi connectivity index (χ1n) is 8.33. The number of carbonyl (C=O) groups excluding carboxylic acids is 1. The van der Waals surface area contributed by atoms with Gasteiger partial charge in [-0.05, 0) is 49.9 Å². The van der Waals surface area contributed by atoms with Gasteiger partial charge in [-0.15, -0.1) is 0 Å². The summed E-state index contributed by atoms with van der Waals surface area (Å²) >= 11 is 0. The van der Waals surface area contributed by atoms with E-state index >= 15 is 0 Å². The number of nitrogens with one attached hydrogen (secondary N) is 1. The van der Waals surface area contributed by atoms with Crippen molar-refractivity contribution < 1.29 is 9.53 Å². The lowest BCUT2D eigenvalue weighted by Crippen LogP contribution is -2.35. The zero-order valence-electron chi connectivity index (χ0n) is 14.2. The van der Waals surface area contributed by atoms with E-state index in [4.69, 9.17) is 4.74 Å². The fraction of sp³-hybridized carbons (Fsp3) is 0.368. The summed E-state index contributed by atoms with van der Waals surface area (Å²) in [6.07, 6.45) is 6.72. The zero-order chi connectivity index (χ0) is 16.9. The summed E-state index contributed by atoms with van der Waals surface area (Å²) in [6, 6.07) is 7.79. The molecule has 0 bridgehead atoms. The van der Waals surface area contributed by atoms with Crippen molar-refractivity contribution in [1.29, 1.82) is 0 Å². The number of hydrogen-bond donors (Lipinski definition) is 1. The standard InChI is InChI=1S/C19H23N3O2/c1-14-6-7-18(24-2)17(10-14)21-16-11-15(12-20-13-16)19(23)22-8-4-3-5-9-22/h6-7,10-13,21H,3-5,8-9H2,1-2H3. The first-order chi connectivity index (χ1) is 11.7. The molecule has 1 aromatic heterocycles. The molecule has 0 aliphatic carbocycles. The average Bonchev–Trinajstić information content (AvgIpc) is 2.62. The second-order valence-corrected chi connectivity index (χ2v) is 6.14. The third kappa shape index (κ3) is 3.67. The largest absolute Gasteiger partial charge is 0.495 e. The van der Waals surface area contributed by atoms with Crippen molar-refractivity contribution in [3.63, 3.8) is 0 Å². The van der Waals surface area contributed by atoms with E-state index in [1.807, 2.05) is 36.1 Å². The molecule has 0 spiro atoms. The molecule has 0 saturated carbocycles. The topological polar surface area (TPSA) is 54.5 Å². The Morgan fingerprint density at radius 1 is 1.17 bits per heavy atom. The van der Waals surface area contributed by atoms with Crippen LogP contribution in [0.1, 0.15) is 35.2 Å². The molecule has 0 atom stereocenters. The third-order valence-electron chi connectivity index (χ3n) is 4.26. The normalized spacial score (nSPS) is 14.3. The minimum absolute atomic E-state index is 0.0575. The first kappa shape index (κ1) is 16.3. The minimum atomic E-state index is 0.0575. The van der Waals surface area contributed by atoms with Crippen LogP contribution in [0.25, 0.3) is 0 Å². The van der Waals surface area contributed by atoms with Gasteiger partial charge in [-0.2, -0.15) is 0 Å². The molecule has 1 aliphatic rings. The van der Waals surface area contributed by atoms with Gasteiger partial charge in [0.2, 0.25) is 0 Å². The zero-order valence-corrected chi connectivity index (χ0v) is 14.2. The van der Waals surface area contributed by atoms with Gasteiger partial charge in [0.15, 0.2) is 0 Å². The SMILES string of the molecule is COc1ccc(C)cc1Nc1cncc(C(=O)N2CCCCC2)c1. The fourth-order valence-corrected chi connectivity index (χ4v) is 2.98. The second kappa shape index (κ2) is 7.34. The van der Waals surface area contributed by atoms with Crippen LogP contribution in [-0.2, 0) is 0 Å². The molecule has 0 unspecified atom stereocenters. The van der Waals surface area contributed by atoms with Crippen LogP contribution in [0.2, 0.25) is 0 Å². The van der Waals surface area contributed by atoms with Gasteiger partial charge in [-0.1, -0.05) is 6.07 Å². The molecule has 5 nitrogen and oxygen atoms in total. The molecule has 24 heavy (non-hydrogen) atoms. The lowest BCUT2D eigenvalue weighted by atomic mass is 10.1. The highest BCUT2D eigenvalue weighted by Gasteiger charge is 2.18. The van der Waals surface area contributed by atoms with E-state index in [9.17, 15) is 4.79 Å². The average molecular weight is 325 g/mol. The summed E-state index contributed by atoms with van der Waals surface area (Å²) in [6.45, 7) is 3.70. The number of ether oxygens (including phenoxy) is 1. The number of nitrogens with zero attached hydrogens (tertiary/aromatic N) is 2. The van der Waals surface area contributed by atoms with Crippen LogP contribution in [0.15, 0.2) is 36.7 Å². The minimum Gasteiger partial charge on any atom is -0.495 e. The molecule has 126 valence electrons. The number of aromatic nitrogens is 1. The number of carbonyl (C=O) groups is 1. The lowest BCUT2D eigenvalue weighted by Gasteiger charge is -2.26. The molecule has 1 saturated heterocycles. The fourth-order valence-electron chi connectivity index (χ4n) is 2.98. The highest BCUT2D eigenvalue weighted by Crippen LogP contribution is 2.28. The van der Waals surface area contributed by atoms with Gasteiger partial charge < -0.3 is 15.0 Å². The Morgan fingerprint density at radius 2 is 1.96 bits per heavy atom. The number of amides is 1. The number of aryl methyl sites for hydroxylation is 1.